The van der Waals surface area contributed by atoms with Crippen molar-refractivity contribution in [2.24, 2.45) is 0 Å². The predicted molar refractivity (Wildman–Crippen MR) is 85.6 cm³/mol. The predicted octanol–water partition coefficient (Wildman–Crippen LogP) is 4.01. The van der Waals surface area contributed by atoms with Crippen LogP contribution in [-0.4, -0.2) is 15.6 Å². The van der Waals surface area contributed by atoms with Crippen LogP contribution in [0, 0.1) is 12.7 Å². The molecule has 6 heteroatoms. The monoisotopic (exact) mass is 328 g/mol. The summed E-state index contributed by atoms with van der Waals surface area (Å²) in [5.74, 6) is -0.832. The first-order valence-corrected chi connectivity index (χ1v) is 7.72. The number of hydrogen-bond acceptors (Lipinski definition) is 5. The summed E-state index contributed by atoms with van der Waals surface area (Å²) < 4.78 is 22.1. The van der Waals surface area contributed by atoms with E-state index in [1.807, 2.05) is 31.2 Å². The quantitative estimate of drug-likeness (QED) is 0.679. The van der Waals surface area contributed by atoms with E-state index in [0.717, 1.165) is 22.7 Å². The van der Waals surface area contributed by atoms with Gasteiger partial charge in [0.25, 0.3) is 0 Å². The van der Waals surface area contributed by atoms with Gasteiger partial charge in [-0.1, -0.05) is 34.3 Å². The second-order valence-electron chi connectivity index (χ2n) is 5.02. The third-order valence-corrected chi connectivity index (χ3v) is 3.95. The van der Waals surface area contributed by atoms with Gasteiger partial charge in [-0.05, 0) is 48.3 Å². The molecule has 0 aliphatic heterocycles. The molecule has 0 radical (unpaired) electrons. The fourth-order valence-corrected chi connectivity index (χ4v) is 2.72. The molecule has 0 unspecified atom stereocenters. The Morgan fingerprint density at radius 1 is 1.22 bits per heavy atom. The zero-order valence-electron chi connectivity index (χ0n) is 12.3. The third-order valence-electron chi connectivity index (χ3n) is 3.24. The number of carbonyl (C=O) groups is 1. The highest BCUT2D eigenvalue weighted by Gasteiger charge is 2.19. The SMILES string of the molecule is Cc1cccc(COC(=O)c2snnc2-c2ccc(F)cc2)c1. The largest absolute Gasteiger partial charge is 0.457 e. The highest BCUT2D eigenvalue weighted by atomic mass is 32.1. The van der Waals surface area contributed by atoms with E-state index in [0.29, 0.717) is 16.1 Å². The summed E-state index contributed by atoms with van der Waals surface area (Å²) in [6.07, 6.45) is 0. The van der Waals surface area contributed by atoms with E-state index in [-0.39, 0.29) is 12.4 Å². The standard InChI is InChI=1S/C17H13FN2O2S/c1-11-3-2-4-12(9-11)10-22-17(21)16-15(19-20-23-16)13-5-7-14(18)8-6-13/h2-9H,10H2,1H3. The number of esters is 1. The maximum Gasteiger partial charge on any atom is 0.352 e. The molecular formula is C17H13FN2O2S. The molecule has 0 aliphatic carbocycles. The van der Waals surface area contributed by atoms with Gasteiger partial charge in [0.05, 0.1) is 0 Å². The summed E-state index contributed by atoms with van der Waals surface area (Å²) in [5, 5.41) is 3.95. The molecule has 0 saturated carbocycles. The molecule has 0 fully saturated rings. The minimum absolute atomic E-state index is 0.182. The summed E-state index contributed by atoms with van der Waals surface area (Å²) >= 11 is 0.966. The lowest BCUT2D eigenvalue weighted by atomic mass is 10.1. The highest BCUT2D eigenvalue weighted by Crippen LogP contribution is 2.25. The molecule has 0 spiro atoms. The minimum atomic E-state index is -0.485. The van der Waals surface area contributed by atoms with Crippen molar-refractivity contribution in [2.45, 2.75) is 13.5 Å². The van der Waals surface area contributed by atoms with Gasteiger partial charge in [-0.2, -0.15) is 0 Å². The van der Waals surface area contributed by atoms with Gasteiger partial charge >= 0.3 is 5.97 Å². The van der Waals surface area contributed by atoms with Crippen molar-refractivity contribution in [3.63, 3.8) is 0 Å². The van der Waals surface area contributed by atoms with E-state index in [9.17, 15) is 9.18 Å². The maximum atomic E-state index is 13.0. The summed E-state index contributed by atoms with van der Waals surface area (Å²) in [6, 6.07) is 13.5. The Kier molecular flexibility index (Phi) is 4.43. The first-order chi connectivity index (χ1) is 11.1. The van der Waals surface area contributed by atoms with E-state index in [1.54, 1.807) is 12.1 Å². The van der Waals surface area contributed by atoms with Crippen LogP contribution in [0.15, 0.2) is 48.5 Å². The molecule has 3 aromatic rings. The molecule has 0 bridgehead atoms. The lowest BCUT2D eigenvalue weighted by Crippen LogP contribution is -2.05. The molecule has 4 nitrogen and oxygen atoms in total. The average Bonchev–Trinajstić information content (AvgIpc) is 3.03. The van der Waals surface area contributed by atoms with Gasteiger partial charge in [0, 0.05) is 5.56 Å². The third kappa shape index (κ3) is 3.60. The Balaban J connectivity index is 1.76. The van der Waals surface area contributed by atoms with Crippen molar-refractivity contribution in [3.05, 3.63) is 70.4 Å². The molecule has 0 atom stereocenters. The van der Waals surface area contributed by atoms with Crippen LogP contribution in [0.5, 0.6) is 0 Å². The molecule has 0 amide bonds. The Morgan fingerprint density at radius 2 is 2.00 bits per heavy atom. The zero-order chi connectivity index (χ0) is 16.2. The lowest BCUT2D eigenvalue weighted by Gasteiger charge is -2.05. The number of aryl methyl sites for hydroxylation is 1. The Bertz CT molecular complexity index is 831. The molecule has 0 aliphatic rings. The fourth-order valence-electron chi connectivity index (χ4n) is 2.14. The minimum Gasteiger partial charge on any atom is -0.457 e. The molecule has 1 aromatic heterocycles. The van der Waals surface area contributed by atoms with Crippen molar-refractivity contribution in [2.75, 3.05) is 0 Å². The van der Waals surface area contributed by atoms with Gasteiger partial charge in [-0.25, -0.2) is 9.18 Å². The number of ether oxygens (including phenoxy) is 1. The van der Waals surface area contributed by atoms with Crippen molar-refractivity contribution < 1.29 is 13.9 Å². The molecule has 0 N–H and O–H groups in total. The molecule has 3 rings (SSSR count). The van der Waals surface area contributed by atoms with Crippen LogP contribution in [0.3, 0.4) is 0 Å². The van der Waals surface area contributed by atoms with Crippen LogP contribution in [-0.2, 0) is 11.3 Å². The molecule has 0 saturated heterocycles. The number of hydrogen-bond donors (Lipinski definition) is 0. The zero-order valence-corrected chi connectivity index (χ0v) is 13.1. The lowest BCUT2D eigenvalue weighted by molar-refractivity contribution is 0.0479. The van der Waals surface area contributed by atoms with Gasteiger partial charge in [-0.3, -0.25) is 0 Å². The normalized spacial score (nSPS) is 10.5. The smallest absolute Gasteiger partial charge is 0.352 e. The Labute approximate surface area is 136 Å². The summed E-state index contributed by atoms with van der Waals surface area (Å²) in [4.78, 5) is 12.6. The van der Waals surface area contributed by atoms with E-state index in [4.69, 9.17) is 4.74 Å². The first kappa shape index (κ1) is 15.3. The second kappa shape index (κ2) is 6.66. The van der Waals surface area contributed by atoms with Gasteiger partial charge in [0.2, 0.25) is 0 Å². The van der Waals surface area contributed by atoms with E-state index >= 15 is 0 Å². The molecule has 1 heterocycles. The number of halogens is 1. The summed E-state index contributed by atoms with van der Waals surface area (Å²) in [6.45, 7) is 2.16. The molecule has 23 heavy (non-hydrogen) atoms. The molecule has 2 aromatic carbocycles. The molecule has 116 valence electrons. The van der Waals surface area contributed by atoms with Crippen LogP contribution < -0.4 is 0 Å². The van der Waals surface area contributed by atoms with Crippen molar-refractivity contribution in [1.29, 1.82) is 0 Å². The van der Waals surface area contributed by atoms with Crippen LogP contribution in [0.1, 0.15) is 20.8 Å². The number of aromatic nitrogens is 2. The summed E-state index contributed by atoms with van der Waals surface area (Å²) in [5.41, 5.74) is 3.05. The average molecular weight is 328 g/mol. The fraction of sp³-hybridized carbons (Fsp3) is 0.118. The highest BCUT2D eigenvalue weighted by molar-refractivity contribution is 7.08. The van der Waals surface area contributed by atoms with Crippen LogP contribution >= 0.6 is 11.5 Å². The van der Waals surface area contributed by atoms with Gasteiger partial charge in [-0.15, -0.1) is 5.10 Å². The van der Waals surface area contributed by atoms with E-state index < -0.39 is 5.97 Å². The van der Waals surface area contributed by atoms with Crippen molar-refractivity contribution in [3.8, 4) is 11.3 Å². The second-order valence-corrected chi connectivity index (χ2v) is 5.78. The number of rotatable bonds is 4. The number of nitrogens with zero attached hydrogens (tertiary/aromatic N) is 2. The molecular weight excluding hydrogens is 315 g/mol. The van der Waals surface area contributed by atoms with E-state index in [1.165, 1.54) is 12.1 Å². The van der Waals surface area contributed by atoms with Gasteiger partial charge in [0.1, 0.15) is 18.1 Å². The van der Waals surface area contributed by atoms with Crippen LogP contribution in [0.2, 0.25) is 0 Å². The number of carbonyl (C=O) groups excluding carboxylic acids is 1. The summed E-state index contributed by atoms with van der Waals surface area (Å²) in [7, 11) is 0. The first-order valence-electron chi connectivity index (χ1n) is 6.94. The van der Waals surface area contributed by atoms with Crippen molar-refractivity contribution >= 4 is 17.5 Å². The topological polar surface area (TPSA) is 52.1 Å². The maximum absolute atomic E-state index is 13.0. The van der Waals surface area contributed by atoms with Crippen molar-refractivity contribution in [1.82, 2.24) is 9.59 Å². The van der Waals surface area contributed by atoms with Crippen LogP contribution in [0.4, 0.5) is 4.39 Å². The van der Waals surface area contributed by atoms with Gasteiger partial charge < -0.3 is 4.74 Å². The van der Waals surface area contributed by atoms with Gasteiger partial charge in [0.15, 0.2) is 4.88 Å². The number of benzene rings is 2. The van der Waals surface area contributed by atoms with Crippen LogP contribution in [0.25, 0.3) is 11.3 Å². The van der Waals surface area contributed by atoms with E-state index in [2.05, 4.69) is 9.59 Å². The Hall–Kier alpha value is -2.60. The Morgan fingerprint density at radius 3 is 2.74 bits per heavy atom.